The minimum atomic E-state index is -0.578. The first-order valence-electron chi connectivity index (χ1n) is 5.53. The molecule has 1 saturated heterocycles. The quantitative estimate of drug-likeness (QED) is 0.854. The topological polar surface area (TPSA) is 23.5 Å². The van der Waals surface area contributed by atoms with E-state index in [0.717, 1.165) is 25.9 Å². The fourth-order valence-electron chi connectivity index (χ4n) is 2.27. The predicted molar refractivity (Wildman–Crippen MR) is 57.0 cm³/mol. The molecule has 0 aliphatic carbocycles. The van der Waals surface area contributed by atoms with Gasteiger partial charge in [0.05, 0.1) is 12.6 Å². The molecule has 0 aromatic heterocycles. The van der Waals surface area contributed by atoms with Gasteiger partial charge >= 0.3 is 0 Å². The van der Waals surface area contributed by atoms with E-state index in [1.807, 2.05) is 4.90 Å². The minimum Gasteiger partial charge on any atom is -0.394 e. The van der Waals surface area contributed by atoms with E-state index in [-0.39, 0.29) is 12.2 Å². The molecule has 0 saturated carbocycles. The molecule has 2 rings (SSSR count). The number of aliphatic hydroxyl groups excluding tert-OH is 1. The Morgan fingerprint density at radius 3 is 2.25 bits per heavy atom. The lowest BCUT2D eigenvalue weighted by Crippen LogP contribution is -2.29. The van der Waals surface area contributed by atoms with Crippen LogP contribution in [0.4, 0.5) is 8.78 Å². The van der Waals surface area contributed by atoms with Crippen molar-refractivity contribution < 1.29 is 13.9 Å². The lowest BCUT2D eigenvalue weighted by atomic mass is 10.0. The Labute approximate surface area is 93.5 Å². The maximum atomic E-state index is 13.6. The van der Waals surface area contributed by atoms with Gasteiger partial charge in [0.1, 0.15) is 11.6 Å². The Hall–Kier alpha value is -1.00. The zero-order valence-electron chi connectivity index (χ0n) is 9.00. The van der Waals surface area contributed by atoms with Gasteiger partial charge in [-0.1, -0.05) is 6.07 Å². The highest BCUT2D eigenvalue weighted by Gasteiger charge is 2.27. The SMILES string of the molecule is OCC(c1c(F)cccc1F)N1CCCC1. The van der Waals surface area contributed by atoms with E-state index in [9.17, 15) is 13.9 Å². The fourth-order valence-corrected chi connectivity index (χ4v) is 2.27. The van der Waals surface area contributed by atoms with Gasteiger partial charge in [-0.2, -0.15) is 0 Å². The average molecular weight is 227 g/mol. The van der Waals surface area contributed by atoms with Gasteiger partial charge in [0.25, 0.3) is 0 Å². The van der Waals surface area contributed by atoms with Gasteiger partial charge in [0, 0.05) is 5.56 Å². The predicted octanol–water partition coefficient (Wildman–Crippen LogP) is 2.09. The van der Waals surface area contributed by atoms with Crippen molar-refractivity contribution in [3.63, 3.8) is 0 Å². The van der Waals surface area contributed by atoms with E-state index in [1.54, 1.807) is 0 Å². The highest BCUT2D eigenvalue weighted by atomic mass is 19.1. The van der Waals surface area contributed by atoms with Crippen LogP contribution >= 0.6 is 0 Å². The van der Waals surface area contributed by atoms with E-state index < -0.39 is 17.7 Å². The van der Waals surface area contributed by atoms with Crippen molar-refractivity contribution in [1.82, 2.24) is 4.90 Å². The molecule has 1 aliphatic rings. The summed E-state index contributed by atoms with van der Waals surface area (Å²) in [4.78, 5) is 1.93. The first kappa shape index (κ1) is 11.5. The largest absolute Gasteiger partial charge is 0.394 e. The van der Waals surface area contributed by atoms with Crippen molar-refractivity contribution in [1.29, 1.82) is 0 Å². The fraction of sp³-hybridized carbons (Fsp3) is 0.500. The van der Waals surface area contributed by atoms with Crippen LogP contribution in [0.1, 0.15) is 24.4 Å². The van der Waals surface area contributed by atoms with Crippen molar-refractivity contribution >= 4 is 0 Å². The molecule has 1 aromatic carbocycles. The molecule has 0 spiro atoms. The molecule has 0 radical (unpaired) electrons. The van der Waals surface area contributed by atoms with Crippen LogP contribution in [0, 0.1) is 11.6 Å². The number of likely N-dealkylation sites (tertiary alicyclic amines) is 1. The number of rotatable bonds is 3. The summed E-state index contributed by atoms with van der Waals surface area (Å²) in [6, 6.07) is 3.25. The van der Waals surface area contributed by atoms with Crippen molar-refractivity contribution in [3.05, 3.63) is 35.4 Å². The highest BCUT2D eigenvalue weighted by Crippen LogP contribution is 2.28. The molecule has 1 fully saturated rings. The zero-order chi connectivity index (χ0) is 11.5. The van der Waals surface area contributed by atoms with Crippen LogP contribution in [-0.2, 0) is 0 Å². The van der Waals surface area contributed by atoms with Crippen molar-refractivity contribution in [3.8, 4) is 0 Å². The molecule has 0 amide bonds. The summed E-state index contributed by atoms with van der Waals surface area (Å²) in [6.45, 7) is 1.33. The van der Waals surface area contributed by atoms with Crippen LogP contribution in [0.3, 0.4) is 0 Å². The molecule has 2 nitrogen and oxygen atoms in total. The van der Waals surface area contributed by atoms with Crippen LogP contribution in [0.15, 0.2) is 18.2 Å². The molecular formula is C12H15F2NO. The highest BCUT2D eigenvalue weighted by molar-refractivity contribution is 5.23. The van der Waals surface area contributed by atoms with Crippen LogP contribution in [0.25, 0.3) is 0 Å². The summed E-state index contributed by atoms with van der Waals surface area (Å²) in [5, 5.41) is 9.31. The number of nitrogens with zero attached hydrogens (tertiary/aromatic N) is 1. The molecular weight excluding hydrogens is 212 g/mol. The van der Waals surface area contributed by atoms with E-state index in [2.05, 4.69) is 0 Å². The van der Waals surface area contributed by atoms with Gasteiger partial charge in [0.15, 0.2) is 0 Å². The molecule has 1 N–H and O–H groups in total. The van der Waals surface area contributed by atoms with E-state index in [1.165, 1.54) is 18.2 Å². The second kappa shape index (κ2) is 4.89. The number of hydrogen-bond donors (Lipinski definition) is 1. The number of benzene rings is 1. The third kappa shape index (κ3) is 2.08. The first-order chi connectivity index (χ1) is 7.74. The van der Waals surface area contributed by atoms with E-state index in [4.69, 9.17) is 0 Å². The monoisotopic (exact) mass is 227 g/mol. The number of hydrogen-bond acceptors (Lipinski definition) is 2. The Morgan fingerprint density at radius 2 is 1.75 bits per heavy atom. The minimum absolute atomic E-state index is 0.00750. The Bertz CT molecular complexity index is 344. The van der Waals surface area contributed by atoms with Gasteiger partial charge < -0.3 is 5.11 Å². The van der Waals surface area contributed by atoms with Crippen LogP contribution < -0.4 is 0 Å². The Morgan fingerprint density at radius 1 is 1.19 bits per heavy atom. The third-order valence-corrected chi connectivity index (χ3v) is 3.09. The molecule has 1 atom stereocenters. The molecule has 1 heterocycles. The molecule has 1 aromatic rings. The molecule has 88 valence electrons. The molecule has 0 bridgehead atoms. The van der Waals surface area contributed by atoms with Crippen molar-refractivity contribution in [2.24, 2.45) is 0 Å². The zero-order valence-corrected chi connectivity index (χ0v) is 9.00. The van der Waals surface area contributed by atoms with Crippen molar-refractivity contribution in [2.75, 3.05) is 19.7 Å². The van der Waals surface area contributed by atoms with Crippen molar-refractivity contribution in [2.45, 2.75) is 18.9 Å². The van der Waals surface area contributed by atoms with E-state index >= 15 is 0 Å². The molecule has 1 aliphatic heterocycles. The summed E-state index contributed by atoms with van der Waals surface area (Å²) in [7, 11) is 0. The number of aliphatic hydroxyl groups is 1. The van der Waals surface area contributed by atoms with Gasteiger partial charge in [-0.15, -0.1) is 0 Å². The van der Waals surface area contributed by atoms with Gasteiger partial charge in [-0.05, 0) is 38.1 Å². The van der Waals surface area contributed by atoms with Crippen LogP contribution in [-0.4, -0.2) is 29.7 Å². The summed E-state index contributed by atoms with van der Waals surface area (Å²) < 4.78 is 27.1. The summed E-state index contributed by atoms with van der Waals surface area (Å²) in [6.07, 6.45) is 2.04. The first-order valence-corrected chi connectivity index (χ1v) is 5.53. The summed E-state index contributed by atoms with van der Waals surface area (Å²) >= 11 is 0. The maximum absolute atomic E-state index is 13.6. The Kier molecular flexibility index (Phi) is 3.51. The second-order valence-electron chi connectivity index (χ2n) is 4.08. The Balaban J connectivity index is 2.32. The number of halogens is 2. The van der Waals surface area contributed by atoms with Gasteiger partial charge in [-0.3, -0.25) is 4.90 Å². The second-order valence-corrected chi connectivity index (χ2v) is 4.08. The smallest absolute Gasteiger partial charge is 0.131 e. The van der Waals surface area contributed by atoms with E-state index in [0.29, 0.717) is 0 Å². The lowest BCUT2D eigenvalue weighted by Gasteiger charge is -2.26. The summed E-state index contributed by atoms with van der Waals surface area (Å²) in [5.74, 6) is -1.16. The van der Waals surface area contributed by atoms with Crippen LogP contribution in [0.2, 0.25) is 0 Å². The summed E-state index contributed by atoms with van der Waals surface area (Å²) in [5.41, 5.74) is -0.00750. The van der Waals surface area contributed by atoms with Crippen LogP contribution in [0.5, 0.6) is 0 Å². The molecule has 1 unspecified atom stereocenters. The molecule has 16 heavy (non-hydrogen) atoms. The molecule has 4 heteroatoms. The lowest BCUT2D eigenvalue weighted by molar-refractivity contribution is 0.140. The standard InChI is InChI=1S/C12H15F2NO/c13-9-4-3-5-10(14)12(9)11(8-16)15-6-1-2-7-15/h3-5,11,16H,1-2,6-8H2. The normalized spacial score (nSPS) is 18.9. The van der Waals surface area contributed by atoms with Gasteiger partial charge in [-0.25, -0.2) is 8.78 Å². The average Bonchev–Trinajstić information content (AvgIpc) is 2.77. The maximum Gasteiger partial charge on any atom is 0.131 e. The third-order valence-electron chi connectivity index (χ3n) is 3.09. The van der Waals surface area contributed by atoms with Gasteiger partial charge in [0.2, 0.25) is 0 Å².